The maximum Gasteiger partial charge on any atom is 0.409 e. The van der Waals surface area contributed by atoms with Crippen molar-refractivity contribution in [2.75, 3.05) is 5.32 Å². The highest BCUT2D eigenvalue weighted by molar-refractivity contribution is 9.10. The first kappa shape index (κ1) is 9.06. The summed E-state index contributed by atoms with van der Waals surface area (Å²) in [4.78, 5) is 10.3. The lowest BCUT2D eigenvalue weighted by atomic mass is 10.2. The molecule has 1 amide bonds. The number of amides is 1. The van der Waals surface area contributed by atoms with E-state index in [1.54, 1.807) is 12.1 Å². The molecule has 0 aliphatic rings. The third kappa shape index (κ3) is 2.54. The normalized spacial score (nSPS) is 9.50. The average Bonchev–Trinajstić information content (AvgIpc) is 1.81. The van der Waals surface area contributed by atoms with Gasteiger partial charge in [-0.15, -0.1) is 0 Å². The molecule has 1 rings (SSSR count). The quantitative estimate of drug-likeness (QED) is 0.779. The Bertz CT molecular complexity index is 292. The van der Waals surface area contributed by atoms with Crippen LogP contribution in [0.15, 0.2) is 22.7 Å². The summed E-state index contributed by atoms with van der Waals surface area (Å²) in [6, 6.07) is 5.38. The van der Waals surface area contributed by atoms with E-state index in [-0.39, 0.29) is 0 Å². The second-order valence-electron chi connectivity index (χ2n) is 2.45. The number of anilines is 1. The predicted molar refractivity (Wildman–Crippen MR) is 50.5 cm³/mol. The minimum Gasteiger partial charge on any atom is -0.465 e. The minimum absolute atomic E-state index is 0.578. The van der Waals surface area contributed by atoms with Crippen molar-refractivity contribution in [2.45, 2.75) is 6.92 Å². The first-order valence-corrected chi connectivity index (χ1v) is 4.14. The molecule has 0 fully saturated rings. The molecule has 0 bridgehead atoms. The number of carboxylic acid groups (broad SMARTS) is 1. The highest BCUT2D eigenvalue weighted by Crippen LogP contribution is 2.18. The molecule has 4 heteroatoms. The van der Waals surface area contributed by atoms with Crippen LogP contribution in [-0.2, 0) is 0 Å². The van der Waals surface area contributed by atoms with Gasteiger partial charge in [-0.25, -0.2) is 4.79 Å². The van der Waals surface area contributed by atoms with Crippen LogP contribution in [0, 0.1) is 6.92 Å². The van der Waals surface area contributed by atoms with Crippen LogP contribution in [0.5, 0.6) is 0 Å². The number of aryl methyl sites for hydroxylation is 1. The smallest absolute Gasteiger partial charge is 0.409 e. The van der Waals surface area contributed by atoms with E-state index < -0.39 is 6.09 Å². The molecule has 0 saturated carbocycles. The summed E-state index contributed by atoms with van der Waals surface area (Å²) >= 11 is 3.27. The van der Waals surface area contributed by atoms with Crippen molar-refractivity contribution in [3.63, 3.8) is 0 Å². The Morgan fingerprint density at radius 1 is 1.50 bits per heavy atom. The number of halogens is 1. The molecule has 0 aliphatic heterocycles. The van der Waals surface area contributed by atoms with Crippen molar-refractivity contribution in [1.82, 2.24) is 0 Å². The molecule has 64 valence electrons. The zero-order chi connectivity index (χ0) is 9.14. The third-order valence-electron chi connectivity index (χ3n) is 1.29. The average molecular weight is 230 g/mol. The monoisotopic (exact) mass is 229 g/mol. The number of hydrogen-bond donors (Lipinski definition) is 2. The van der Waals surface area contributed by atoms with Crippen molar-refractivity contribution in [3.05, 3.63) is 28.2 Å². The molecule has 0 heterocycles. The van der Waals surface area contributed by atoms with Crippen molar-refractivity contribution in [1.29, 1.82) is 0 Å². The highest BCUT2D eigenvalue weighted by atomic mass is 79.9. The number of rotatable bonds is 1. The Kier molecular flexibility index (Phi) is 2.70. The second-order valence-corrected chi connectivity index (χ2v) is 3.36. The standard InChI is InChI=1S/C8H8BrNO2/c1-5-2-6(9)4-7(3-5)10-8(11)12/h2-4,10H,1H3,(H,11,12). The van der Waals surface area contributed by atoms with Gasteiger partial charge in [0.1, 0.15) is 0 Å². The highest BCUT2D eigenvalue weighted by Gasteiger charge is 1.99. The van der Waals surface area contributed by atoms with E-state index in [9.17, 15) is 4.79 Å². The first-order valence-electron chi connectivity index (χ1n) is 3.35. The molecule has 3 nitrogen and oxygen atoms in total. The zero-order valence-corrected chi connectivity index (χ0v) is 8.05. The lowest BCUT2D eigenvalue weighted by Gasteiger charge is -2.02. The van der Waals surface area contributed by atoms with Crippen LogP contribution < -0.4 is 5.32 Å². The number of carbonyl (C=O) groups is 1. The molecular formula is C8H8BrNO2. The fourth-order valence-electron chi connectivity index (χ4n) is 0.932. The van der Waals surface area contributed by atoms with Gasteiger partial charge in [0.05, 0.1) is 0 Å². The summed E-state index contributed by atoms with van der Waals surface area (Å²) in [7, 11) is 0. The largest absolute Gasteiger partial charge is 0.465 e. The number of nitrogens with one attached hydrogen (secondary N) is 1. The van der Waals surface area contributed by atoms with E-state index in [0.717, 1.165) is 10.0 Å². The molecular weight excluding hydrogens is 222 g/mol. The van der Waals surface area contributed by atoms with Gasteiger partial charge >= 0.3 is 6.09 Å². The van der Waals surface area contributed by atoms with E-state index >= 15 is 0 Å². The Hall–Kier alpha value is -1.03. The van der Waals surface area contributed by atoms with Crippen LogP contribution in [0.1, 0.15) is 5.56 Å². The first-order chi connectivity index (χ1) is 5.58. The van der Waals surface area contributed by atoms with Gasteiger partial charge in [0.25, 0.3) is 0 Å². The molecule has 0 unspecified atom stereocenters. The molecule has 12 heavy (non-hydrogen) atoms. The molecule has 0 aromatic heterocycles. The molecule has 0 radical (unpaired) electrons. The number of hydrogen-bond acceptors (Lipinski definition) is 1. The Labute approximate surface area is 78.5 Å². The van der Waals surface area contributed by atoms with Gasteiger partial charge in [-0.2, -0.15) is 0 Å². The Balaban J connectivity index is 2.93. The van der Waals surface area contributed by atoms with Crippen LogP contribution in [-0.4, -0.2) is 11.2 Å². The van der Waals surface area contributed by atoms with Gasteiger partial charge in [-0.1, -0.05) is 15.9 Å². The molecule has 1 aromatic carbocycles. The van der Waals surface area contributed by atoms with E-state index in [1.165, 1.54) is 0 Å². The van der Waals surface area contributed by atoms with Crippen molar-refractivity contribution < 1.29 is 9.90 Å². The molecule has 0 atom stereocenters. The summed E-state index contributed by atoms with van der Waals surface area (Å²) in [5.74, 6) is 0. The fraction of sp³-hybridized carbons (Fsp3) is 0.125. The van der Waals surface area contributed by atoms with Gasteiger partial charge in [-0.05, 0) is 30.7 Å². The van der Waals surface area contributed by atoms with Crippen molar-refractivity contribution in [2.24, 2.45) is 0 Å². The third-order valence-corrected chi connectivity index (χ3v) is 1.75. The minimum atomic E-state index is -1.05. The second kappa shape index (κ2) is 3.58. The van der Waals surface area contributed by atoms with E-state index in [0.29, 0.717) is 5.69 Å². The summed E-state index contributed by atoms with van der Waals surface area (Å²) in [5, 5.41) is 10.7. The van der Waals surface area contributed by atoms with Crippen molar-refractivity contribution in [3.8, 4) is 0 Å². The molecule has 1 aromatic rings. The van der Waals surface area contributed by atoms with Crippen LogP contribution in [0.25, 0.3) is 0 Å². The lowest BCUT2D eigenvalue weighted by Crippen LogP contribution is -2.07. The van der Waals surface area contributed by atoms with E-state index in [2.05, 4.69) is 21.2 Å². The van der Waals surface area contributed by atoms with Gasteiger partial charge in [0.2, 0.25) is 0 Å². The molecule has 0 spiro atoms. The maximum absolute atomic E-state index is 10.3. The molecule has 0 aliphatic carbocycles. The zero-order valence-electron chi connectivity index (χ0n) is 6.47. The summed E-state index contributed by atoms with van der Waals surface area (Å²) in [6.45, 7) is 1.90. The number of benzene rings is 1. The molecule has 0 saturated heterocycles. The topological polar surface area (TPSA) is 49.3 Å². The van der Waals surface area contributed by atoms with Crippen molar-refractivity contribution >= 4 is 27.7 Å². The van der Waals surface area contributed by atoms with Crippen LogP contribution in [0.2, 0.25) is 0 Å². The predicted octanol–water partition coefficient (Wildman–Crippen LogP) is 2.85. The van der Waals surface area contributed by atoms with Gasteiger partial charge in [0.15, 0.2) is 0 Å². The van der Waals surface area contributed by atoms with Gasteiger partial charge in [-0.3, -0.25) is 5.32 Å². The summed E-state index contributed by atoms with van der Waals surface area (Å²) in [5.41, 5.74) is 1.59. The lowest BCUT2D eigenvalue weighted by molar-refractivity contribution is 0.210. The summed E-state index contributed by atoms with van der Waals surface area (Å²) in [6.07, 6.45) is -1.05. The van der Waals surface area contributed by atoms with Gasteiger partial charge in [0, 0.05) is 10.2 Å². The van der Waals surface area contributed by atoms with Crippen LogP contribution in [0.3, 0.4) is 0 Å². The van der Waals surface area contributed by atoms with Crippen LogP contribution in [0.4, 0.5) is 10.5 Å². The van der Waals surface area contributed by atoms with E-state index in [1.807, 2.05) is 13.0 Å². The summed E-state index contributed by atoms with van der Waals surface area (Å²) < 4.78 is 0.867. The van der Waals surface area contributed by atoms with E-state index in [4.69, 9.17) is 5.11 Å². The molecule has 2 N–H and O–H groups in total. The fourth-order valence-corrected chi connectivity index (χ4v) is 1.54. The Morgan fingerprint density at radius 2 is 2.17 bits per heavy atom. The van der Waals surface area contributed by atoms with Crippen LogP contribution >= 0.6 is 15.9 Å². The maximum atomic E-state index is 10.3. The SMILES string of the molecule is Cc1cc(Br)cc(NC(=O)O)c1. The van der Waals surface area contributed by atoms with Gasteiger partial charge < -0.3 is 5.11 Å². The Morgan fingerprint density at radius 3 is 2.67 bits per heavy atom.